The fourth-order valence-electron chi connectivity index (χ4n) is 1.62. The van der Waals surface area contributed by atoms with Gasteiger partial charge in [0.25, 0.3) is 0 Å². The third-order valence-electron chi connectivity index (χ3n) is 2.49. The fraction of sp³-hybridized carbons (Fsp3) is 0.636. The summed E-state index contributed by atoms with van der Waals surface area (Å²) in [5.74, 6) is 0. The Morgan fingerprint density at radius 3 is 2.46 bits per heavy atom. The summed E-state index contributed by atoms with van der Waals surface area (Å²) < 4.78 is 0. The number of piperidine rings is 1. The Labute approximate surface area is 81.5 Å². The monoisotopic (exact) mass is 180 g/mol. The molecule has 0 atom stereocenters. The molecule has 0 bridgehead atoms. The van der Waals surface area contributed by atoms with Crippen molar-refractivity contribution in [3.05, 3.63) is 24.4 Å². The fourth-order valence-corrected chi connectivity index (χ4v) is 1.62. The van der Waals surface area contributed by atoms with Crippen LogP contribution in [0.15, 0.2) is 24.4 Å². The van der Waals surface area contributed by atoms with E-state index in [1.165, 1.54) is 37.9 Å². The summed E-state index contributed by atoms with van der Waals surface area (Å²) in [7, 11) is 2.11. The van der Waals surface area contributed by atoms with Crippen molar-refractivity contribution in [2.75, 3.05) is 20.1 Å². The summed E-state index contributed by atoms with van der Waals surface area (Å²) in [5.41, 5.74) is 1.22. The van der Waals surface area contributed by atoms with Gasteiger partial charge < -0.3 is 5.01 Å². The quantitative estimate of drug-likeness (QED) is 0.615. The summed E-state index contributed by atoms with van der Waals surface area (Å²) in [6.45, 7) is 8.21. The number of nitrogens with zero attached hydrogens (tertiary/aromatic N) is 2. The van der Waals surface area contributed by atoms with Crippen LogP contribution in [-0.4, -0.2) is 30.2 Å². The van der Waals surface area contributed by atoms with E-state index >= 15 is 0 Å². The van der Waals surface area contributed by atoms with Gasteiger partial charge in [-0.1, -0.05) is 19.1 Å². The molecule has 0 unspecified atom stereocenters. The van der Waals surface area contributed by atoms with Crippen molar-refractivity contribution in [2.24, 2.45) is 0 Å². The lowest BCUT2D eigenvalue weighted by atomic mass is 10.2. The summed E-state index contributed by atoms with van der Waals surface area (Å²) in [6.07, 6.45) is 8.06. The van der Waals surface area contributed by atoms with E-state index in [1.54, 1.807) is 0 Å². The van der Waals surface area contributed by atoms with Gasteiger partial charge in [0.1, 0.15) is 0 Å². The minimum Gasteiger partial charge on any atom is -0.316 e. The Kier molecular flexibility index (Phi) is 4.03. The molecule has 0 amide bonds. The lowest BCUT2D eigenvalue weighted by molar-refractivity contribution is 0.0267. The molecule has 0 radical (unpaired) electrons. The smallest absolute Gasteiger partial charge is 0.0228 e. The van der Waals surface area contributed by atoms with Crippen LogP contribution >= 0.6 is 0 Å². The third-order valence-corrected chi connectivity index (χ3v) is 2.49. The first-order valence-electron chi connectivity index (χ1n) is 5.02. The van der Waals surface area contributed by atoms with E-state index in [0.29, 0.717) is 0 Å². The maximum absolute atomic E-state index is 3.75. The van der Waals surface area contributed by atoms with Crippen LogP contribution in [0.25, 0.3) is 0 Å². The highest BCUT2D eigenvalue weighted by Gasteiger charge is 2.11. The number of hydrogen-bond donors (Lipinski definition) is 0. The average molecular weight is 180 g/mol. The molecule has 0 spiro atoms. The van der Waals surface area contributed by atoms with Gasteiger partial charge in [0.15, 0.2) is 0 Å². The Balaban J connectivity index is 2.45. The van der Waals surface area contributed by atoms with Gasteiger partial charge in [0.2, 0.25) is 0 Å². The molecule has 2 heteroatoms. The van der Waals surface area contributed by atoms with Crippen LogP contribution in [-0.2, 0) is 0 Å². The maximum atomic E-state index is 3.75. The molecule has 74 valence electrons. The molecule has 2 nitrogen and oxygen atoms in total. The van der Waals surface area contributed by atoms with Crippen LogP contribution in [0.3, 0.4) is 0 Å². The minimum absolute atomic E-state index is 1.19. The average Bonchev–Trinajstić information content (AvgIpc) is 2.19. The van der Waals surface area contributed by atoms with E-state index in [-0.39, 0.29) is 0 Å². The van der Waals surface area contributed by atoms with Gasteiger partial charge in [-0.3, -0.25) is 0 Å². The molecule has 13 heavy (non-hydrogen) atoms. The van der Waals surface area contributed by atoms with Crippen molar-refractivity contribution in [3.8, 4) is 0 Å². The highest BCUT2D eigenvalue weighted by molar-refractivity contribution is 5.11. The molecule has 0 saturated carbocycles. The van der Waals surface area contributed by atoms with Gasteiger partial charge >= 0.3 is 0 Å². The molecule has 1 rings (SSSR count). The Hall–Kier alpha value is -0.760. The van der Waals surface area contributed by atoms with Crippen LogP contribution < -0.4 is 0 Å². The molecule has 1 fully saturated rings. The predicted molar refractivity (Wildman–Crippen MR) is 57.1 cm³/mol. The highest BCUT2D eigenvalue weighted by atomic mass is 15.6. The van der Waals surface area contributed by atoms with Crippen molar-refractivity contribution in [2.45, 2.75) is 26.2 Å². The summed E-state index contributed by atoms with van der Waals surface area (Å²) >= 11 is 0. The molecule has 1 aliphatic rings. The normalized spacial score (nSPS) is 20.0. The maximum Gasteiger partial charge on any atom is 0.0228 e. The second kappa shape index (κ2) is 5.07. The molecule has 0 aromatic rings. The topological polar surface area (TPSA) is 6.48 Å². The van der Waals surface area contributed by atoms with Crippen molar-refractivity contribution in [1.29, 1.82) is 0 Å². The minimum atomic E-state index is 1.19. The predicted octanol–water partition coefficient (Wildman–Crippen LogP) is 2.41. The lowest BCUT2D eigenvalue weighted by Gasteiger charge is -2.34. The van der Waals surface area contributed by atoms with Gasteiger partial charge in [-0.15, -0.1) is 0 Å². The molecule has 1 heterocycles. The summed E-state index contributed by atoms with van der Waals surface area (Å²) in [6, 6.07) is 0. The largest absolute Gasteiger partial charge is 0.316 e. The van der Waals surface area contributed by atoms with Crippen LogP contribution in [0.5, 0.6) is 0 Å². The first kappa shape index (κ1) is 10.3. The van der Waals surface area contributed by atoms with E-state index in [1.807, 2.05) is 6.08 Å². The van der Waals surface area contributed by atoms with Crippen molar-refractivity contribution < 1.29 is 0 Å². The molecule has 0 aliphatic carbocycles. The number of hydrazine groups is 1. The number of allylic oxidation sites excluding steroid dienone is 2. The number of hydrogen-bond acceptors (Lipinski definition) is 2. The summed E-state index contributed by atoms with van der Waals surface area (Å²) in [4.78, 5) is 0. The van der Waals surface area contributed by atoms with Gasteiger partial charge in [-0.05, 0) is 25.3 Å². The molecule has 0 aromatic heterocycles. The van der Waals surface area contributed by atoms with Crippen LogP contribution in [0, 0.1) is 0 Å². The molecule has 0 N–H and O–H groups in total. The van der Waals surface area contributed by atoms with Crippen LogP contribution in [0.4, 0.5) is 0 Å². The Bertz CT molecular complexity index is 190. The van der Waals surface area contributed by atoms with E-state index < -0.39 is 0 Å². The van der Waals surface area contributed by atoms with Crippen molar-refractivity contribution in [3.63, 3.8) is 0 Å². The molecule has 1 saturated heterocycles. The van der Waals surface area contributed by atoms with E-state index in [0.717, 1.165) is 0 Å². The zero-order valence-corrected chi connectivity index (χ0v) is 8.79. The van der Waals surface area contributed by atoms with Gasteiger partial charge in [0.05, 0.1) is 0 Å². The van der Waals surface area contributed by atoms with Crippen LogP contribution in [0.2, 0.25) is 0 Å². The third kappa shape index (κ3) is 3.23. The zero-order chi connectivity index (χ0) is 9.68. The first-order valence-corrected chi connectivity index (χ1v) is 5.02. The molecule has 0 aromatic carbocycles. The van der Waals surface area contributed by atoms with Gasteiger partial charge in [-0.25, -0.2) is 5.01 Å². The highest BCUT2D eigenvalue weighted by Crippen LogP contribution is 2.11. The second-order valence-corrected chi connectivity index (χ2v) is 3.67. The second-order valence-electron chi connectivity index (χ2n) is 3.67. The SMILES string of the molecule is C=C/C(C)=C\N(C)N1CCCCC1. The lowest BCUT2D eigenvalue weighted by Crippen LogP contribution is -2.40. The zero-order valence-electron chi connectivity index (χ0n) is 8.79. The Morgan fingerprint density at radius 1 is 1.31 bits per heavy atom. The van der Waals surface area contributed by atoms with Crippen molar-refractivity contribution >= 4 is 0 Å². The van der Waals surface area contributed by atoms with E-state index in [2.05, 4.69) is 36.8 Å². The summed E-state index contributed by atoms with van der Waals surface area (Å²) in [5, 5.41) is 4.58. The molecular weight excluding hydrogens is 160 g/mol. The molecular formula is C11H20N2. The van der Waals surface area contributed by atoms with E-state index in [9.17, 15) is 0 Å². The first-order chi connectivity index (χ1) is 6.24. The van der Waals surface area contributed by atoms with Gasteiger partial charge in [0, 0.05) is 26.3 Å². The molecule has 1 aliphatic heterocycles. The standard InChI is InChI=1S/C11H20N2/c1-4-11(2)10-12(3)13-8-6-5-7-9-13/h4,10H,1,5-9H2,2-3H3/b11-10-. The van der Waals surface area contributed by atoms with Crippen LogP contribution in [0.1, 0.15) is 26.2 Å². The van der Waals surface area contributed by atoms with Gasteiger partial charge in [-0.2, -0.15) is 0 Å². The van der Waals surface area contributed by atoms with Crippen molar-refractivity contribution in [1.82, 2.24) is 10.0 Å². The number of rotatable bonds is 3. The van der Waals surface area contributed by atoms with E-state index in [4.69, 9.17) is 0 Å². The Morgan fingerprint density at radius 2 is 1.92 bits per heavy atom.